The zero-order chi connectivity index (χ0) is 14.6. The van der Waals surface area contributed by atoms with Gasteiger partial charge in [0.25, 0.3) is 5.69 Å². The maximum absolute atomic E-state index is 11.7. The lowest BCUT2D eigenvalue weighted by atomic mass is 10.1. The maximum atomic E-state index is 11.7. The van der Waals surface area contributed by atoms with Gasteiger partial charge in [-0.25, -0.2) is 0 Å². The highest BCUT2D eigenvalue weighted by molar-refractivity contribution is 5.82. The van der Waals surface area contributed by atoms with E-state index in [1.54, 1.807) is 25.1 Å². The first-order valence-electron chi connectivity index (χ1n) is 5.99. The van der Waals surface area contributed by atoms with Crippen molar-refractivity contribution in [2.24, 2.45) is 0 Å². The highest BCUT2D eigenvalue weighted by atomic mass is 16.6. The van der Waals surface area contributed by atoms with Gasteiger partial charge in [-0.3, -0.25) is 14.9 Å². The first-order valence-corrected chi connectivity index (χ1v) is 5.99. The summed E-state index contributed by atoms with van der Waals surface area (Å²) in [5.74, 6) is -0.205. The lowest BCUT2D eigenvalue weighted by Crippen LogP contribution is -2.43. The molecule has 0 radical (unpaired) electrons. The number of carbonyl (C=O) groups is 1. The van der Waals surface area contributed by atoms with E-state index in [1.165, 1.54) is 0 Å². The molecule has 104 valence electrons. The van der Waals surface area contributed by atoms with E-state index >= 15 is 0 Å². The van der Waals surface area contributed by atoms with Crippen molar-refractivity contribution in [1.82, 2.24) is 5.32 Å². The van der Waals surface area contributed by atoms with Crippen molar-refractivity contribution >= 4 is 17.3 Å². The van der Waals surface area contributed by atoms with Crippen LogP contribution in [-0.2, 0) is 4.79 Å². The van der Waals surface area contributed by atoms with Gasteiger partial charge in [0, 0.05) is 11.1 Å². The van der Waals surface area contributed by atoms with Crippen LogP contribution in [0.1, 0.15) is 26.3 Å². The van der Waals surface area contributed by atoms with E-state index < -0.39 is 4.92 Å². The van der Waals surface area contributed by atoms with E-state index in [0.717, 1.165) is 0 Å². The monoisotopic (exact) mass is 265 g/mol. The second-order valence-corrected chi connectivity index (χ2v) is 5.38. The second kappa shape index (κ2) is 5.69. The van der Waals surface area contributed by atoms with Gasteiger partial charge in [-0.2, -0.15) is 0 Å². The summed E-state index contributed by atoms with van der Waals surface area (Å²) in [5, 5.41) is 16.6. The molecule has 0 fully saturated rings. The van der Waals surface area contributed by atoms with Crippen LogP contribution in [0.4, 0.5) is 11.4 Å². The molecule has 6 nitrogen and oxygen atoms in total. The molecule has 0 bridgehead atoms. The van der Waals surface area contributed by atoms with E-state index in [-0.39, 0.29) is 23.7 Å². The smallest absolute Gasteiger partial charge is 0.295 e. The van der Waals surface area contributed by atoms with Crippen molar-refractivity contribution in [3.63, 3.8) is 0 Å². The zero-order valence-electron chi connectivity index (χ0n) is 11.6. The van der Waals surface area contributed by atoms with E-state index in [0.29, 0.717) is 11.3 Å². The number of nitrogens with zero attached hydrogens (tertiary/aromatic N) is 1. The fourth-order valence-corrected chi connectivity index (χ4v) is 1.68. The Labute approximate surface area is 112 Å². The third-order valence-corrected chi connectivity index (χ3v) is 2.37. The molecular weight excluding hydrogens is 246 g/mol. The molecule has 0 heterocycles. The number of hydrogen-bond donors (Lipinski definition) is 2. The number of amides is 1. The number of nitrogens with one attached hydrogen (secondary N) is 2. The minimum atomic E-state index is -0.445. The Bertz CT molecular complexity index is 492. The summed E-state index contributed by atoms with van der Waals surface area (Å²) in [5.41, 5.74) is 0.600. The number of para-hydroxylation sites is 1. The van der Waals surface area contributed by atoms with Crippen molar-refractivity contribution in [3.8, 4) is 0 Å². The number of benzene rings is 1. The van der Waals surface area contributed by atoms with Gasteiger partial charge in [0.2, 0.25) is 5.91 Å². The largest absolute Gasteiger partial charge is 0.371 e. The minimum Gasteiger partial charge on any atom is -0.371 e. The molecule has 1 aromatic rings. The molecule has 6 heteroatoms. The summed E-state index contributed by atoms with van der Waals surface area (Å²) in [6.07, 6.45) is 0. The Morgan fingerprint density at radius 3 is 2.53 bits per heavy atom. The Morgan fingerprint density at radius 2 is 2.00 bits per heavy atom. The SMILES string of the molecule is Cc1cccc(NCC(=O)NC(C)(C)C)c1[N+](=O)[O-]. The highest BCUT2D eigenvalue weighted by Gasteiger charge is 2.18. The van der Waals surface area contributed by atoms with Gasteiger partial charge in [-0.1, -0.05) is 12.1 Å². The quantitative estimate of drug-likeness (QED) is 0.646. The van der Waals surface area contributed by atoms with Gasteiger partial charge in [0.05, 0.1) is 11.5 Å². The summed E-state index contributed by atoms with van der Waals surface area (Å²) in [4.78, 5) is 22.2. The Kier molecular flexibility index (Phi) is 4.47. The van der Waals surface area contributed by atoms with Crippen LogP contribution in [-0.4, -0.2) is 22.9 Å². The van der Waals surface area contributed by atoms with Gasteiger partial charge in [0.1, 0.15) is 5.69 Å². The lowest BCUT2D eigenvalue weighted by molar-refractivity contribution is -0.384. The summed E-state index contributed by atoms with van der Waals surface area (Å²) in [7, 11) is 0. The third kappa shape index (κ3) is 4.57. The van der Waals surface area contributed by atoms with E-state index in [2.05, 4.69) is 10.6 Å². The van der Waals surface area contributed by atoms with Crippen LogP contribution in [0, 0.1) is 17.0 Å². The van der Waals surface area contributed by atoms with Crippen LogP contribution < -0.4 is 10.6 Å². The van der Waals surface area contributed by atoms with Gasteiger partial charge < -0.3 is 10.6 Å². The predicted octanol–water partition coefficient (Wildman–Crippen LogP) is 2.23. The fourth-order valence-electron chi connectivity index (χ4n) is 1.68. The third-order valence-electron chi connectivity index (χ3n) is 2.37. The fraction of sp³-hybridized carbons (Fsp3) is 0.462. The van der Waals surface area contributed by atoms with Crippen LogP contribution in [0.2, 0.25) is 0 Å². The number of anilines is 1. The van der Waals surface area contributed by atoms with E-state index in [4.69, 9.17) is 0 Å². The maximum Gasteiger partial charge on any atom is 0.295 e. The van der Waals surface area contributed by atoms with Gasteiger partial charge >= 0.3 is 0 Å². The second-order valence-electron chi connectivity index (χ2n) is 5.38. The predicted molar refractivity (Wildman–Crippen MR) is 74.2 cm³/mol. The highest BCUT2D eigenvalue weighted by Crippen LogP contribution is 2.27. The van der Waals surface area contributed by atoms with Crippen molar-refractivity contribution < 1.29 is 9.72 Å². The Hall–Kier alpha value is -2.11. The van der Waals surface area contributed by atoms with Crippen LogP contribution in [0.5, 0.6) is 0 Å². The molecule has 2 N–H and O–H groups in total. The number of carbonyl (C=O) groups excluding carboxylic acids is 1. The van der Waals surface area contributed by atoms with Crippen LogP contribution in [0.25, 0.3) is 0 Å². The van der Waals surface area contributed by atoms with Gasteiger partial charge in [-0.15, -0.1) is 0 Å². The molecule has 0 unspecified atom stereocenters. The Balaban J connectivity index is 2.76. The van der Waals surface area contributed by atoms with Gasteiger partial charge in [0.15, 0.2) is 0 Å². The molecule has 0 atom stereocenters. The number of rotatable bonds is 4. The van der Waals surface area contributed by atoms with Crippen LogP contribution in [0.3, 0.4) is 0 Å². The number of hydrogen-bond acceptors (Lipinski definition) is 4. The van der Waals surface area contributed by atoms with Gasteiger partial charge in [-0.05, 0) is 33.8 Å². The summed E-state index contributed by atoms with van der Waals surface area (Å²) >= 11 is 0. The number of nitro groups is 1. The van der Waals surface area contributed by atoms with E-state index in [1.807, 2.05) is 20.8 Å². The molecule has 0 aliphatic rings. The standard InChI is InChI=1S/C13H19N3O3/c1-9-6-5-7-10(12(9)16(18)19)14-8-11(17)15-13(2,3)4/h5-7,14H,8H2,1-4H3,(H,15,17). The van der Waals surface area contributed by atoms with Crippen molar-refractivity contribution in [2.45, 2.75) is 33.2 Å². The first kappa shape index (κ1) is 14.9. The Morgan fingerprint density at radius 1 is 1.37 bits per heavy atom. The normalized spacial score (nSPS) is 10.9. The average Bonchev–Trinajstić information content (AvgIpc) is 2.23. The summed E-state index contributed by atoms with van der Waals surface area (Å²) in [6.45, 7) is 7.29. The molecule has 0 saturated carbocycles. The molecule has 1 rings (SSSR count). The average molecular weight is 265 g/mol. The summed E-state index contributed by atoms with van der Waals surface area (Å²) in [6, 6.07) is 4.97. The van der Waals surface area contributed by atoms with Crippen molar-refractivity contribution in [2.75, 3.05) is 11.9 Å². The van der Waals surface area contributed by atoms with Crippen molar-refractivity contribution in [1.29, 1.82) is 0 Å². The zero-order valence-corrected chi connectivity index (χ0v) is 11.6. The summed E-state index contributed by atoms with van der Waals surface area (Å²) < 4.78 is 0. The molecule has 1 amide bonds. The van der Waals surface area contributed by atoms with Crippen molar-refractivity contribution in [3.05, 3.63) is 33.9 Å². The first-order chi connectivity index (χ1) is 8.70. The molecular formula is C13H19N3O3. The molecule has 0 aliphatic carbocycles. The van der Waals surface area contributed by atoms with Crippen LogP contribution >= 0.6 is 0 Å². The topological polar surface area (TPSA) is 84.3 Å². The molecule has 19 heavy (non-hydrogen) atoms. The molecule has 1 aromatic carbocycles. The number of aryl methyl sites for hydroxylation is 1. The molecule has 0 spiro atoms. The van der Waals surface area contributed by atoms with Crippen LogP contribution in [0.15, 0.2) is 18.2 Å². The molecule has 0 aliphatic heterocycles. The van der Waals surface area contributed by atoms with E-state index in [9.17, 15) is 14.9 Å². The molecule has 0 saturated heterocycles. The molecule has 0 aromatic heterocycles. The lowest BCUT2D eigenvalue weighted by Gasteiger charge is -2.20. The number of nitro benzene ring substituents is 1. The minimum absolute atomic E-state index is 0.00155.